The van der Waals surface area contributed by atoms with Crippen molar-refractivity contribution >= 4 is 0 Å². The number of aromatic nitrogens is 2. The van der Waals surface area contributed by atoms with Crippen molar-refractivity contribution in [3.63, 3.8) is 0 Å². The minimum absolute atomic E-state index is 0.579. The summed E-state index contributed by atoms with van der Waals surface area (Å²) in [6.45, 7) is 5.94. The number of nitrogens with one attached hydrogen (secondary N) is 1. The molecule has 1 aromatic heterocycles. The highest BCUT2D eigenvalue weighted by molar-refractivity contribution is 5.10. The third-order valence-corrected chi connectivity index (χ3v) is 3.03. The van der Waals surface area contributed by atoms with Gasteiger partial charge in [0.15, 0.2) is 0 Å². The predicted molar refractivity (Wildman–Crippen MR) is 59.1 cm³/mol. The number of rotatable bonds is 4. The van der Waals surface area contributed by atoms with Crippen LogP contribution in [-0.4, -0.2) is 36.4 Å². The van der Waals surface area contributed by atoms with E-state index >= 15 is 0 Å². The second-order valence-corrected chi connectivity index (χ2v) is 4.09. The summed E-state index contributed by atoms with van der Waals surface area (Å²) >= 11 is 0. The van der Waals surface area contributed by atoms with Crippen LogP contribution in [0.4, 0.5) is 0 Å². The molecule has 0 aliphatic carbocycles. The van der Waals surface area contributed by atoms with Gasteiger partial charge in [-0.15, -0.1) is 0 Å². The van der Waals surface area contributed by atoms with Gasteiger partial charge < -0.3 is 14.6 Å². The molecule has 1 aromatic rings. The van der Waals surface area contributed by atoms with E-state index in [1.165, 1.54) is 17.9 Å². The molecule has 4 heteroatoms. The number of hydrogen-bond acceptors (Lipinski definition) is 3. The van der Waals surface area contributed by atoms with Crippen molar-refractivity contribution in [2.45, 2.75) is 25.8 Å². The van der Waals surface area contributed by atoms with Crippen LogP contribution in [0.25, 0.3) is 0 Å². The van der Waals surface area contributed by atoms with Crippen molar-refractivity contribution in [3.8, 4) is 0 Å². The highest BCUT2D eigenvalue weighted by atomic mass is 16.5. The summed E-state index contributed by atoms with van der Waals surface area (Å²) < 4.78 is 7.40. The quantitative estimate of drug-likeness (QED) is 0.801. The highest BCUT2D eigenvalue weighted by Gasteiger charge is 2.21. The number of imidazole rings is 1. The minimum atomic E-state index is 0.579. The lowest BCUT2D eigenvalue weighted by atomic mass is 10.1. The Bertz CT molecular complexity index is 316. The zero-order chi connectivity index (χ0) is 10.7. The second kappa shape index (κ2) is 4.77. The maximum atomic E-state index is 5.12. The first-order valence-corrected chi connectivity index (χ1v) is 5.54. The number of methoxy groups -OCH3 is 1. The van der Waals surface area contributed by atoms with Crippen LogP contribution < -0.4 is 5.32 Å². The molecule has 0 radical (unpaired) electrons. The Morgan fingerprint density at radius 1 is 1.67 bits per heavy atom. The van der Waals surface area contributed by atoms with E-state index in [4.69, 9.17) is 4.74 Å². The van der Waals surface area contributed by atoms with E-state index in [0.717, 1.165) is 26.2 Å². The summed E-state index contributed by atoms with van der Waals surface area (Å²) in [6.07, 6.45) is 3.16. The molecule has 1 saturated heterocycles. The van der Waals surface area contributed by atoms with Gasteiger partial charge in [-0.25, -0.2) is 4.98 Å². The van der Waals surface area contributed by atoms with Crippen molar-refractivity contribution in [2.24, 2.45) is 0 Å². The topological polar surface area (TPSA) is 39.1 Å². The summed E-state index contributed by atoms with van der Waals surface area (Å²) in [6, 6.07) is 0. The van der Waals surface area contributed by atoms with Gasteiger partial charge >= 0.3 is 0 Å². The number of nitrogens with zero attached hydrogens (tertiary/aromatic N) is 2. The summed E-state index contributed by atoms with van der Waals surface area (Å²) in [5, 5.41) is 3.38. The van der Waals surface area contributed by atoms with Crippen LogP contribution >= 0.6 is 0 Å². The summed E-state index contributed by atoms with van der Waals surface area (Å²) in [5.41, 5.74) is 1.23. The van der Waals surface area contributed by atoms with Crippen molar-refractivity contribution in [2.75, 3.05) is 26.8 Å². The average Bonchev–Trinajstić information content (AvgIpc) is 2.84. The van der Waals surface area contributed by atoms with Gasteiger partial charge in [0.25, 0.3) is 0 Å². The molecule has 0 unspecified atom stereocenters. The molecule has 1 fully saturated rings. The fraction of sp³-hybridized carbons (Fsp3) is 0.727. The van der Waals surface area contributed by atoms with Crippen LogP contribution in [-0.2, 0) is 11.3 Å². The Labute approximate surface area is 90.6 Å². The van der Waals surface area contributed by atoms with Gasteiger partial charge in [-0.2, -0.15) is 0 Å². The Kier molecular flexibility index (Phi) is 3.38. The van der Waals surface area contributed by atoms with E-state index in [0.29, 0.717) is 5.92 Å². The van der Waals surface area contributed by atoms with Crippen LogP contribution in [0.5, 0.6) is 0 Å². The summed E-state index contributed by atoms with van der Waals surface area (Å²) in [7, 11) is 1.74. The average molecular weight is 209 g/mol. The van der Waals surface area contributed by atoms with Crippen LogP contribution in [0.15, 0.2) is 6.20 Å². The Morgan fingerprint density at radius 3 is 3.20 bits per heavy atom. The van der Waals surface area contributed by atoms with Gasteiger partial charge in [0, 0.05) is 38.0 Å². The Balaban J connectivity index is 2.14. The molecule has 1 aliphatic rings. The first kappa shape index (κ1) is 10.6. The fourth-order valence-corrected chi connectivity index (χ4v) is 2.15. The molecule has 2 rings (SSSR count). The number of aryl methyl sites for hydroxylation is 1. The van der Waals surface area contributed by atoms with E-state index in [1.807, 2.05) is 6.20 Å². The fourth-order valence-electron chi connectivity index (χ4n) is 2.15. The molecule has 84 valence electrons. The number of ether oxygens (including phenoxy) is 1. The largest absolute Gasteiger partial charge is 0.383 e. The summed E-state index contributed by atoms with van der Waals surface area (Å²) in [4.78, 5) is 4.52. The van der Waals surface area contributed by atoms with Crippen LogP contribution in [0.2, 0.25) is 0 Å². The zero-order valence-corrected chi connectivity index (χ0v) is 9.49. The molecule has 1 aliphatic heterocycles. The maximum Gasteiger partial charge on any atom is 0.113 e. The Hall–Kier alpha value is -0.870. The van der Waals surface area contributed by atoms with Crippen LogP contribution in [0, 0.1) is 6.92 Å². The molecular formula is C11H19N3O. The molecule has 1 atom stereocenters. The first-order chi connectivity index (χ1) is 7.33. The van der Waals surface area contributed by atoms with E-state index in [-0.39, 0.29) is 0 Å². The lowest BCUT2D eigenvalue weighted by Gasteiger charge is -2.13. The first-order valence-electron chi connectivity index (χ1n) is 5.54. The molecule has 4 nitrogen and oxygen atoms in total. The second-order valence-electron chi connectivity index (χ2n) is 4.09. The van der Waals surface area contributed by atoms with Crippen molar-refractivity contribution in [1.82, 2.24) is 14.9 Å². The third-order valence-electron chi connectivity index (χ3n) is 3.03. The molecule has 0 saturated carbocycles. The van der Waals surface area contributed by atoms with Gasteiger partial charge in [0.05, 0.1) is 6.61 Å². The lowest BCUT2D eigenvalue weighted by Crippen LogP contribution is -2.15. The SMILES string of the molecule is COCCn1c(C)cnc1[C@H]1CCNC1. The monoisotopic (exact) mass is 209 g/mol. The molecule has 0 aromatic carbocycles. The van der Waals surface area contributed by atoms with Crippen LogP contribution in [0.3, 0.4) is 0 Å². The molecule has 15 heavy (non-hydrogen) atoms. The smallest absolute Gasteiger partial charge is 0.113 e. The standard InChI is InChI=1S/C11H19N3O/c1-9-7-13-11(10-3-4-12-8-10)14(9)5-6-15-2/h7,10,12H,3-6,8H2,1-2H3/t10-/m0/s1. The van der Waals surface area contributed by atoms with E-state index in [2.05, 4.69) is 21.8 Å². The maximum absolute atomic E-state index is 5.12. The summed E-state index contributed by atoms with van der Waals surface area (Å²) in [5.74, 6) is 1.80. The molecular weight excluding hydrogens is 190 g/mol. The normalized spacial score (nSPS) is 21.1. The van der Waals surface area contributed by atoms with Crippen molar-refractivity contribution in [3.05, 3.63) is 17.7 Å². The predicted octanol–water partition coefficient (Wildman–Crippen LogP) is 0.915. The van der Waals surface area contributed by atoms with Gasteiger partial charge in [-0.05, 0) is 19.9 Å². The van der Waals surface area contributed by atoms with Gasteiger partial charge in [-0.3, -0.25) is 0 Å². The molecule has 0 bridgehead atoms. The highest BCUT2D eigenvalue weighted by Crippen LogP contribution is 2.21. The van der Waals surface area contributed by atoms with Gasteiger partial charge in [-0.1, -0.05) is 0 Å². The van der Waals surface area contributed by atoms with Gasteiger partial charge in [0.1, 0.15) is 5.82 Å². The van der Waals surface area contributed by atoms with Gasteiger partial charge in [0.2, 0.25) is 0 Å². The molecule has 2 heterocycles. The van der Waals surface area contributed by atoms with E-state index in [9.17, 15) is 0 Å². The molecule has 0 spiro atoms. The van der Waals surface area contributed by atoms with Crippen molar-refractivity contribution in [1.29, 1.82) is 0 Å². The van der Waals surface area contributed by atoms with Crippen LogP contribution in [0.1, 0.15) is 23.9 Å². The number of hydrogen-bond donors (Lipinski definition) is 1. The van der Waals surface area contributed by atoms with E-state index < -0.39 is 0 Å². The minimum Gasteiger partial charge on any atom is -0.383 e. The third kappa shape index (κ3) is 2.21. The Morgan fingerprint density at radius 2 is 2.53 bits per heavy atom. The zero-order valence-electron chi connectivity index (χ0n) is 9.49. The molecule has 0 amide bonds. The molecule has 1 N–H and O–H groups in total. The lowest BCUT2D eigenvalue weighted by molar-refractivity contribution is 0.185. The van der Waals surface area contributed by atoms with Crippen molar-refractivity contribution < 1.29 is 4.74 Å². The van der Waals surface area contributed by atoms with E-state index in [1.54, 1.807) is 7.11 Å².